The summed E-state index contributed by atoms with van der Waals surface area (Å²) in [5.74, 6) is -0.257. The maximum Gasteiger partial charge on any atom is 0.270 e. The van der Waals surface area contributed by atoms with Gasteiger partial charge in [0, 0.05) is 17.7 Å². The molecule has 0 heterocycles. The molecule has 2 aromatic rings. The quantitative estimate of drug-likeness (QED) is 0.362. The molecule has 2 rings (SSSR count). The van der Waals surface area contributed by atoms with Gasteiger partial charge in [-0.2, -0.15) is 0 Å². The third kappa shape index (κ3) is 3.35. The molecule has 0 amide bonds. The summed E-state index contributed by atoms with van der Waals surface area (Å²) < 4.78 is 0. The number of nitro groups is 1. The lowest BCUT2D eigenvalue weighted by Gasteiger charge is -1.96. The number of rotatable bonds is 4. The Labute approximate surface area is 110 Å². The van der Waals surface area contributed by atoms with Crippen LogP contribution < -0.4 is 0 Å². The number of hydrogen-bond donors (Lipinski definition) is 0. The van der Waals surface area contributed by atoms with Gasteiger partial charge in [0.1, 0.15) is 0 Å². The Kier molecular flexibility index (Phi) is 3.83. The maximum absolute atomic E-state index is 11.9. The van der Waals surface area contributed by atoms with E-state index in [1.807, 2.05) is 30.3 Å². The molecule has 0 saturated heterocycles. The van der Waals surface area contributed by atoms with Gasteiger partial charge in [0.15, 0.2) is 5.78 Å². The molecule has 19 heavy (non-hydrogen) atoms. The second-order valence-corrected chi connectivity index (χ2v) is 3.92. The lowest BCUT2D eigenvalue weighted by atomic mass is 10.1. The summed E-state index contributed by atoms with van der Waals surface area (Å²) in [5.41, 5.74) is 1.13. The van der Waals surface area contributed by atoms with Gasteiger partial charge in [-0.25, -0.2) is 0 Å². The minimum Gasteiger partial charge on any atom is -0.289 e. The first-order valence-electron chi connectivity index (χ1n) is 5.69. The van der Waals surface area contributed by atoms with Gasteiger partial charge in [-0.1, -0.05) is 48.5 Å². The Bertz CT molecular complexity index is 633. The van der Waals surface area contributed by atoms with Crippen LogP contribution in [0.3, 0.4) is 0 Å². The number of nitrogens with zero attached hydrogens (tertiary/aromatic N) is 1. The molecule has 0 saturated carbocycles. The summed E-state index contributed by atoms with van der Waals surface area (Å²) in [6.45, 7) is 0. The van der Waals surface area contributed by atoms with Crippen LogP contribution in [-0.4, -0.2) is 10.7 Å². The molecular weight excluding hydrogens is 242 g/mol. The van der Waals surface area contributed by atoms with Crippen molar-refractivity contribution in [3.63, 3.8) is 0 Å². The Morgan fingerprint density at radius 2 is 1.79 bits per heavy atom. The van der Waals surface area contributed by atoms with E-state index in [1.165, 1.54) is 24.3 Å². The second kappa shape index (κ2) is 5.73. The van der Waals surface area contributed by atoms with Crippen molar-refractivity contribution in [1.82, 2.24) is 0 Å². The monoisotopic (exact) mass is 253 g/mol. The standard InChI is InChI=1S/C15H11NO3/c17-15(10-9-12-5-2-1-3-6-12)13-7-4-8-14(11-13)16(18)19/h1-11H. The lowest BCUT2D eigenvalue weighted by molar-refractivity contribution is -0.384. The van der Waals surface area contributed by atoms with Crippen LogP contribution in [0.2, 0.25) is 0 Å². The number of carbonyl (C=O) groups excluding carboxylic acids is 1. The fourth-order valence-corrected chi connectivity index (χ4v) is 1.61. The molecule has 0 aromatic heterocycles. The molecule has 0 unspecified atom stereocenters. The molecule has 0 aliphatic heterocycles. The van der Waals surface area contributed by atoms with Gasteiger partial charge in [0.2, 0.25) is 0 Å². The first-order valence-corrected chi connectivity index (χ1v) is 5.69. The van der Waals surface area contributed by atoms with E-state index in [-0.39, 0.29) is 11.5 Å². The van der Waals surface area contributed by atoms with Crippen molar-refractivity contribution in [1.29, 1.82) is 0 Å². The average Bonchev–Trinajstić information content (AvgIpc) is 2.46. The summed E-state index contributed by atoms with van der Waals surface area (Å²) >= 11 is 0. The summed E-state index contributed by atoms with van der Waals surface area (Å²) in [6, 6.07) is 15.1. The number of non-ortho nitro benzene ring substituents is 1. The second-order valence-electron chi connectivity index (χ2n) is 3.92. The summed E-state index contributed by atoms with van der Waals surface area (Å²) in [7, 11) is 0. The molecule has 2 aromatic carbocycles. The van der Waals surface area contributed by atoms with Crippen molar-refractivity contribution in [2.24, 2.45) is 0 Å². The minimum absolute atomic E-state index is 0.0843. The number of allylic oxidation sites excluding steroid dienone is 1. The van der Waals surface area contributed by atoms with E-state index in [0.717, 1.165) is 5.56 Å². The zero-order valence-electron chi connectivity index (χ0n) is 10.0. The van der Waals surface area contributed by atoms with Gasteiger partial charge < -0.3 is 0 Å². The largest absolute Gasteiger partial charge is 0.289 e. The molecule has 0 fully saturated rings. The SMILES string of the molecule is O=C(C=Cc1ccccc1)c1cccc([N+](=O)[O-])c1. The van der Waals surface area contributed by atoms with E-state index < -0.39 is 4.92 Å². The molecule has 0 atom stereocenters. The van der Waals surface area contributed by atoms with E-state index in [2.05, 4.69) is 0 Å². The lowest BCUT2D eigenvalue weighted by Crippen LogP contribution is -1.96. The van der Waals surface area contributed by atoms with Crippen LogP contribution in [0.25, 0.3) is 6.08 Å². The third-order valence-electron chi connectivity index (χ3n) is 2.57. The van der Waals surface area contributed by atoms with Crippen LogP contribution in [0.4, 0.5) is 5.69 Å². The molecular formula is C15H11NO3. The highest BCUT2D eigenvalue weighted by Gasteiger charge is 2.08. The van der Waals surface area contributed by atoms with Crippen molar-refractivity contribution in [3.05, 3.63) is 81.9 Å². The number of carbonyl (C=O) groups is 1. The van der Waals surface area contributed by atoms with Crippen molar-refractivity contribution >= 4 is 17.5 Å². The van der Waals surface area contributed by atoms with E-state index >= 15 is 0 Å². The normalized spacial score (nSPS) is 10.5. The predicted molar refractivity (Wildman–Crippen MR) is 72.9 cm³/mol. The highest BCUT2D eigenvalue weighted by atomic mass is 16.6. The number of benzene rings is 2. The van der Waals surface area contributed by atoms with Crippen LogP contribution in [-0.2, 0) is 0 Å². The van der Waals surface area contributed by atoms with Crippen molar-refractivity contribution in [3.8, 4) is 0 Å². The Balaban J connectivity index is 2.18. The van der Waals surface area contributed by atoms with Gasteiger partial charge in [-0.3, -0.25) is 14.9 Å². The highest BCUT2D eigenvalue weighted by Crippen LogP contribution is 2.14. The van der Waals surface area contributed by atoms with Crippen LogP contribution in [0.15, 0.2) is 60.7 Å². The maximum atomic E-state index is 11.9. The fraction of sp³-hybridized carbons (Fsp3) is 0. The van der Waals surface area contributed by atoms with Crippen molar-refractivity contribution in [2.45, 2.75) is 0 Å². The third-order valence-corrected chi connectivity index (χ3v) is 2.57. The summed E-state index contributed by atoms with van der Waals surface area (Å²) in [6.07, 6.45) is 3.09. The summed E-state index contributed by atoms with van der Waals surface area (Å²) in [4.78, 5) is 22.0. The van der Waals surface area contributed by atoms with Crippen molar-refractivity contribution in [2.75, 3.05) is 0 Å². The highest BCUT2D eigenvalue weighted by molar-refractivity contribution is 6.07. The first-order chi connectivity index (χ1) is 9.16. The van der Waals surface area contributed by atoms with Crippen LogP contribution in [0, 0.1) is 10.1 Å². The number of nitro benzene ring substituents is 1. The minimum atomic E-state index is -0.516. The molecule has 0 aliphatic carbocycles. The van der Waals surface area contributed by atoms with Crippen molar-refractivity contribution < 1.29 is 9.72 Å². The van der Waals surface area contributed by atoms with E-state index in [1.54, 1.807) is 12.1 Å². The molecule has 4 nitrogen and oxygen atoms in total. The zero-order valence-corrected chi connectivity index (χ0v) is 10.0. The number of ketones is 1. The molecule has 0 bridgehead atoms. The van der Waals surface area contributed by atoms with E-state index in [9.17, 15) is 14.9 Å². The molecule has 0 radical (unpaired) electrons. The van der Waals surface area contributed by atoms with Gasteiger partial charge in [-0.05, 0) is 11.6 Å². The van der Waals surface area contributed by atoms with Crippen LogP contribution in [0.1, 0.15) is 15.9 Å². The fourth-order valence-electron chi connectivity index (χ4n) is 1.61. The zero-order chi connectivity index (χ0) is 13.7. The van der Waals surface area contributed by atoms with Gasteiger partial charge >= 0.3 is 0 Å². The molecule has 94 valence electrons. The number of hydrogen-bond acceptors (Lipinski definition) is 3. The smallest absolute Gasteiger partial charge is 0.270 e. The molecule has 0 aliphatic rings. The van der Waals surface area contributed by atoms with Gasteiger partial charge in [0.25, 0.3) is 5.69 Å². The van der Waals surface area contributed by atoms with Gasteiger partial charge in [0.05, 0.1) is 4.92 Å². The molecule has 0 N–H and O–H groups in total. The van der Waals surface area contributed by atoms with E-state index in [0.29, 0.717) is 5.56 Å². The van der Waals surface area contributed by atoms with Gasteiger partial charge in [-0.15, -0.1) is 0 Å². The Morgan fingerprint density at radius 3 is 2.47 bits per heavy atom. The molecule has 4 heteroatoms. The summed E-state index contributed by atoms with van der Waals surface area (Å²) in [5, 5.41) is 10.6. The topological polar surface area (TPSA) is 60.2 Å². The molecule has 0 spiro atoms. The van der Waals surface area contributed by atoms with Crippen LogP contribution in [0.5, 0.6) is 0 Å². The Hall–Kier alpha value is -2.75. The Morgan fingerprint density at radius 1 is 1.05 bits per heavy atom. The predicted octanol–water partition coefficient (Wildman–Crippen LogP) is 3.49. The first kappa shape index (κ1) is 12.7. The van der Waals surface area contributed by atoms with E-state index in [4.69, 9.17) is 0 Å². The van der Waals surface area contributed by atoms with Crippen LogP contribution >= 0.6 is 0 Å². The average molecular weight is 253 g/mol.